The molecule has 238 valence electrons. The number of carbonyl (C=O) groups is 1. The molecule has 0 aliphatic carbocycles. The molecule has 3 unspecified atom stereocenters. The normalized spacial score (nSPS) is 20.1. The summed E-state index contributed by atoms with van der Waals surface area (Å²) >= 11 is 0. The van der Waals surface area contributed by atoms with E-state index >= 15 is 0 Å². The third-order valence-corrected chi connectivity index (χ3v) is 10.4. The predicted octanol–water partition coefficient (Wildman–Crippen LogP) is 6.63. The van der Waals surface area contributed by atoms with E-state index in [9.17, 15) is 22.0 Å². The van der Waals surface area contributed by atoms with Gasteiger partial charge in [-0.15, -0.1) is 0 Å². The van der Waals surface area contributed by atoms with Gasteiger partial charge >= 0.3 is 21.3 Å². The van der Waals surface area contributed by atoms with E-state index in [-0.39, 0.29) is 23.2 Å². The van der Waals surface area contributed by atoms with Crippen LogP contribution in [0.1, 0.15) is 47.1 Å². The van der Waals surface area contributed by atoms with Crippen LogP contribution in [0.15, 0.2) is 87.5 Å². The molecule has 1 aliphatic rings. The summed E-state index contributed by atoms with van der Waals surface area (Å²) in [5, 5.41) is -4.49. The van der Waals surface area contributed by atoms with Crippen molar-refractivity contribution in [3.63, 3.8) is 0 Å². The van der Waals surface area contributed by atoms with E-state index < -0.39 is 38.0 Å². The summed E-state index contributed by atoms with van der Waals surface area (Å²) in [4.78, 5) is 14.7. The zero-order chi connectivity index (χ0) is 32.5. The van der Waals surface area contributed by atoms with Gasteiger partial charge in [-0.3, -0.25) is 9.35 Å². The lowest BCUT2D eigenvalue weighted by Crippen LogP contribution is -2.47. The molecule has 12 heteroatoms. The number of benzene rings is 3. The second-order valence-corrected chi connectivity index (χ2v) is 15.2. The first kappa shape index (κ1) is 33.9. The fourth-order valence-corrected chi connectivity index (χ4v) is 6.79. The van der Waals surface area contributed by atoms with Crippen LogP contribution in [-0.4, -0.2) is 49.1 Å². The average molecular weight is 652 g/mol. The van der Waals surface area contributed by atoms with E-state index in [1.807, 2.05) is 57.2 Å². The van der Waals surface area contributed by atoms with E-state index in [0.29, 0.717) is 19.0 Å². The van der Waals surface area contributed by atoms with E-state index in [1.54, 1.807) is 38.1 Å². The lowest BCUT2D eigenvalue weighted by molar-refractivity contribution is -0.221. The Kier molecular flexibility index (Phi) is 9.82. The number of alkyl halides is 2. The van der Waals surface area contributed by atoms with Gasteiger partial charge in [0.15, 0.2) is 20.8 Å². The Balaban J connectivity index is 1.65. The Hall–Kier alpha value is -3.03. The monoisotopic (exact) mass is 651 g/mol. The quantitative estimate of drug-likeness (QED) is 0.113. The molecule has 4 rings (SSSR count). The maximum Gasteiger partial charge on any atom is 0.405 e. The SMILES string of the molecule is CC(C)C(=O)Oc1ccc([S+](c2ccc(OC(C)C(F)(F)S(=O)(=O)O)cc2)c2ccc(C3(C)COC(C)(C)CO3)cc2)cc1. The smallest absolute Gasteiger partial charge is 0.405 e. The zero-order valence-corrected chi connectivity index (χ0v) is 27.0. The molecule has 0 amide bonds. The lowest BCUT2D eigenvalue weighted by atomic mass is 9.94. The lowest BCUT2D eigenvalue weighted by Gasteiger charge is -2.41. The second-order valence-electron chi connectivity index (χ2n) is 11.7. The first-order valence-corrected chi connectivity index (χ1v) is 16.6. The van der Waals surface area contributed by atoms with Crippen molar-refractivity contribution in [2.45, 2.75) is 78.8 Å². The van der Waals surface area contributed by atoms with Gasteiger partial charge in [-0.25, -0.2) is 0 Å². The molecule has 0 spiro atoms. The van der Waals surface area contributed by atoms with Crippen molar-refractivity contribution in [3.8, 4) is 11.5 Å². The highest BCUT2D eigenvalue weighted by Crippen LogP contribution is 2.37. The number of hydrogen-bond donors (Lipinski definition) is 1. The highest BCUT2D eigenvalue weighted by atomic mass is 32.2. The van der Waals surface area contributed by atoms with Crippen molar-refractivity contribution < 1.29 is 45.5 Å². The van der Waals surface area contributed by atoms with Gasteiger partial charge < -0.3 is 18.9 Å². The molecule has 44 heavy (non-hydrogen) atoms. The highest BCUT2D eigenvalue weighted by Gasteiger charge is 2.51. The highest BCUT2D eigenvalue weighted by molar-refractivity contribution is 7.97. The van der Waals surface area contributed by atoms with E-state index in [0.717, 1.165) is 27.2 Å². The van der Waals surface area contributed by atoms with Gasteiger partial charge in [0.1, 0.15) is 17.1 Å². The van der Waals surface area contributed by atoms with Crippen molar-refractivity contribution >= 4 is 27.0 Å². The van der Waals surface area contributed by atoms with Crippen molar-refractivity contribution in [3.05, 3.63) is 78.4 Å². The van der Waals surface area contributed by atoms with Crippen molar-refractivity contribution in [2.24, 2.45) is 5.92 Å². The molecular weight excluding hydrogens is 614 g/mol. The first-order chi connectivity index (χ1) is 20.4. The second kappa shape index (κ2) is 12.8. The van der Waals surface area contributed by atoms with Crippen LogP contribution in [0.5, 0.6) is 11.5 Å². The molecule has 0 radical (unpaired) electrons. The molecule has 1 aliphatic heterocycles. The Labute approximate surface area is 259 Å². The van der Waals surface area contributed by atoms with Crippen LogP contribution in [0.2, 0.25) is 0 Å². The Morgan fingerprint density at radius 3 is 1.75 bits per heavy atom. The molecule has 0 saturated carbocycles. The van der Waals surface area contributed by atoms with Crippen LogP contribution in [0.25, 0.3) is 0 Å². The van der Waals surface area contributed by atoms with E-state index in [2.05, 4.69) is 0 Å². The molecule has 3 aromatic carbocycles. The summed E-state index contributed by atoms with van der Waals surface area (Å²) in [7, 11) is -6.35. The van der Waals surface area contributed by atoms with Crippen molar-refractivity contribution in [2.75, 3.05) is 13.2 Å². The summed E-state index contributed by atoms with van der Waals surface area (Å²) in [5.41, 5.74) is -0.0277. The zero-order valence-electron chi connectivity index (χ0n) is 25.4. The Morgan fingerprint density at radius 1 is 0.841 bits per heavy atom. The molecule has 8 nitrogen and oxygen atoms in total. The Morgan fingerprint density at radius 2 is 1.32 bits per heavy atom. The minimum absolute atomic E-state index is 0.00437. The molecule has 3 aromatic rings. The van der Waals surface area contributed by atoms with Crippen LogP contribution in [0.3, 0.4) is 0 Å². The third-order valence-electron chi connectivity index (χ3n) is 7.12. The summed E-state index contributed by atoms with van der Waals surface area (Å²) in [6, 6.07) is 21.5. The summed E-state index contributed by atoms with van der Waals surface area (Å²) in [5.74, 6) is -0.212. The number of carbonyl (C=O) groups excluding carboxylic acids is 1. The number of ether oxygens (including phenoxy) is 4. The number of rotatable bonds is 10. The number of hydrogen-bond acceptors (Lipinski definition) is 7. The first-order valence-electron chi connectivity index (χ1n) is 14.0. The van der Waals surface area contributed by atoms with E-state index in [1.165, 1.54) is 12.1 Å². The standard InChI is InChI=1S/C32H36F2O8S2/c1-21(2)29(35)42-25-11-17-28(18-12-25)43(26-13-7-23(8-14-26)31(6)20-39-30(4,5)19-40-31)27-15-9-24(10-16-27)41-22(3)32(33,34)44(36,37)38/h7-18,21-22H,19-20H2,1-6H3/p+1. The molecular formula is C32H37F2O8S2+. The van der Waals surface area contributed by atoms with Gasteiger partial charge in [0.2, 0.25) is 0 Å². The van der Waals surface area contributed by atoms with Crippen LogP contribution in [0, 0.1) is 5.92 Å². The van der Waals surface area contributed by atoms with Crippen molar-refractivity contribution in [1.29, 1.82) is 0 Å². The minimum Gasteiger partial charge on any atom is -0.483 e. The molecule has 0 bridgehead atoms. The van der Waals surface area contributed by atoms with Gasteiger partial charge in [-0.2, -0.15) is 17.2 Å². The van der Waals surface area contributed by atoms with Gasteiger partial charge in [0.25, 0.3) is 0 Å². The van der Waals surface area contributed by atoms with Gasteiger partial charge in [-0.1, -0.05) is 26.0 Å². The summed E-state index contributed by atoms with van der Waals surface area (Å²) in [6.45, 7) is 11.2. The Bertz CT molecular complexity index is 1550. The summed E-state index contributed by atoms with van der Waals surface area (Å²) in [6.07, 6.45) is -2.13. The van der Waals surface area contributed by atoms with Gasteiger partial charge in [-0.05, 0) is 93.9 Å². The molecule has 1 heterocycles. The molecule has 1 N–H and O–H groups in total. The van der Waals surface area contributed by atoms with Crippen LogP contribution in [0.4, 0.5) is 8.78 Å². The van der Waals surface area contributed by atoms with Crippen LogP contribution < -0.4 is 9.47 Å². The largest absolute Gasteiger partial charge is 0.483 e. The van der Waals surface area contributed by atoms with Crippen LogP contribution in [-0.2, 0) is 40.9 Å². The predicted molar refractivity (Wildman–Crippen MR) is 162 cm³/mol. The average Bonchev–Trinajstić information content (AvgIpc) is 2.96. The van der Waals surface area contributed by atoms with Gasteiger partial charge in [0.05, 0.1) is 35.6 Å². The minimum atomic E-state index is -5.66. The molecule has 1 fully saturated rings. The van der Waals surface area contributed by atoms with E-state index in [4.69, 9.17) is 23.5 Å². The maximum absolute atomic E-state index is 14.0. The molecule has 0 aromatic heterocycles. The van der Waals surface area contributed by atoms with Crippen molar-refractivity contribution in [1.82, 2.24) is 0 Å². The van der Waals surface area contributed by atoms with Crippen LogP contribution >= 0.6 is 0 Å². The maximum atomic E-state index is 14.0. The molecule has 3 atom stereocenters. The molecule has 1 saturated heterocycles. The number of esters is 1. The number of halogens is 2. The fourth-order valence-electron chi connectivity index (χ4n) is 4.28. The third kappa shape index (κ3) is 7.60. The fraction of sp³-hybridized carbons (Fsp3) is 0.406. The topological polar surface area (TPSA) is 108 Å². The summed E-state index contributed by atoms with van der Waals surface area (Å²) < 4.78 is 82.0. The van der Waals surface area contributed by atoms with Gasteiger partial charge in [0, 0.05) is 0 Å².